The van der Waals surface area contributed by atoms with Gasteiger partial charge in [0.15, 0.2) is 41.9 Å². The Kier molecular flexibility index (Phi) is 13.7. The predicted octanol–water partition coefficient (Wildman–Crippen LogP) is 4.61. The molecule has 0 aliphatic carbocycles. The molecule has 326 valence electrons. The van der Waals surface area contributed by atoms with Gasteiger partial charge in [-0.3, -0.25) is 22.7 Å². The zero-order valence-electron chi connectivity index (χ0n) is 32.6. The van der Waals surface area contributed by atoms with Crippen molar-refractivity contribution < 1.29 is 59.7 Å². The number of benzene rings is 1. The third-order valence-corrected chi connectivity index (χ3v) is 14.6. The Bertz CT molecular complexity index is 2390. The SMILES string of the molecule is [B][P@@]1(=O)OC[C@H]2O[C@@H](n3cnc4c(N)ccnc43)[C@H](F)[C@@H]2O[P@@](=O)(SCc2ccc(COCCOCCOCC)cc2)OC[C@H]2O[C@@H](n3cnc4c(N)ncnc43)[C@H](F)[C@@H]2O1. The van der Waals surface area contributed by atoms with Crippen LogP contribution in [0.15, 0.2) is 55.5 Å². The average molecular weight is 908 g/mol. The molecule has 4 aromatic heterocycles. The highest BCUT2D eigenvalue weighted by Gasteiger charge is 2.54. The largest absolute Gasteiger partial charge is 0.397 e. The molecular formula is C35H42BF2N9O11P2S. The van der Waals surface area contributed by atoms with E-state index in [-0.39, 0.29) is 39.6 Å². The molecule has 0 bridgehead atoms. The van der Waals surface area contributed by atoms with Crippen molar-refractivity contribution in [3.05, 3.63) is 66.6 Å². The number of nitrogen functional groups attached to an aromatic ring is 2. The number of anilines is 2. The van der Waals surface area contributed by atoms with E-state index in [9.17, 15) is 9.13 Å². The molecule has 3 aliphatic rings. The molecule has 20 nitrogen and oxygen atoms in total. The molecule has 5 aromatic rings. The highest BCUT2D eigenvalue weighted by atomic mass is 32.7. The molecule has 0 amide bonds. The lowest BCUT2D eigenvalue weighted by molar-refractivity contribution is -0.0546. The van der Waals surface area contributed by atoms with Crippen molar-refractivity contribution in [3.8, 4) is 0 Å². The van der Waals surface area contributed by atoms with Crippen molar-refractivity contribution >= 4 is 67.1 Å². The molecule has 3 saturated heterocycles. The number of hydrogen-bond acceptors (Lipinski definition) is 19. The molecule has 2 radical (unpaired) electrons. The minimum Gasteiger partial charge on any atom is -0.397 e. The first kappa shape index (κ1) is 44.0. The number of aromatic nitrogens is 7. The van der Waals surface area contributed by atoms with E-state index < -0.39 is 76.7 Å². The molecule has 0 saturated carbocycles. The van der Waals surface area contributed by atoms with Crippen LogP contribution in [0.3, 0.4) is 0 Å². The van der Waals surface area contributed by atoms with Crippen LogP contribution in [0, 0.1) is 0 Å². The summed E-state index contributed by atoms with van der Waals surface area (Å²) in [6.07, 6.45) is -8.16. The van der Waals surface area contributed by atoms with Crippen LogP contribution in [0.25, 0.3) is 22.3 Å². The number of hydrogen-bond donors (Lipinski definition) is 2. The van der Waals surface area contributed by atoms with Gasteiger partial charge in [0.25, 0.3) is 7.47 Å². The Hall–Kier alpha value is -3.64. The summed E-state index contributed by atoms with van der Waals surface area (Å²) in [4.78, 5) is 20.8. The first-order chi connectivity index (χ1) is 29.4. The summed E-state index contributed by atoms with van der Waals surface area (Å²) in [5.74, 6) is 0.107. The predicted molar refractivity (Wildman–Crippen MR) is 217 cm³/mol. The van der Waals surface area contributed by atoms with Crippen LogP contribution in [-0.2, 0) is 63.3 Å². The van der Waals surface area contributed by atoms with Gasteiger partial charge in [0, 0.05) is 18.6 Å². The lowest BCUT2D eigenvalue weighted by atomic mass is 10.1. The summed E-state index contributed by atoms with van der Waals surface area (Å²) in [5.41, 5.74) is 14.7. The van der Waals surface area contributed by atoms with E-state index in [1.54, 1.807) is 0 Å². The maximum Gasteiger partial charge on any atom is 0.389 e. The minimum absolute atomic E-state index is 0.0406. The smallest absolute Gasteiger partial charge is 0.389 e. The lowest BCUT2D eigenvalue weighted by Crippen LogP contribution is -2.37. The van der Waals surface area contributed by atoms with E-state index in [4.69, 9.17) is 60.8 Å². The van der Waals surface area contributed by atoms with Crippen LogP contribution >= 0.6 is 25.7 Å². The quantitative estimate of drug-likeness (QED) is 0.0878. The third-order valence-electron chi connectivity index (χ3n) is 9.93. The van der Waals surface area contributed by atoms with Crippen LogP contribution in [0.4, 0.5) is 20.3 Å². The van der Waals surface area contributed by atoms with Gasteiger partial charge < -0.3 is 44.2 Å². The molecule has 4 N–H and O–H groups in total. The van der Waals surface area contributed by atoms with Gasteiger partial charge in [-0.15, -0.1) is 0 Å². The van der Waals surface area contributed by atoms with E-state index in [0.717, 1.165) is 16.9 Å². The van der Waals surface area contributed by atoms with E-state index in [0.29, 0.717) is 45.2 Å². The average Bonchev–Trinajstić information content (AvgIpc) is 4.02. The van der Waals surface area contributed by atoms with Crippen molar-refractivity contribution in [2.24, 2.45) is 0 Å². The van der Waals surface area contributed by atoms with Gasteiger partial charge in [-0.25, -0.2) is 38.3 Å². The van der Waals surface area contributed by atoms with E-state index in [1.165, 1.54) is 40.4 Å². The molecule has 61 heavy (non-hydrogen) atoms. The summed E-state index contributed by atoms with van der Waals surface area (Å²) in [5, 5.41) is 0. The molecule has 10 atom stereocenters. The molecule has 3 fully saturated rings. The number of rotatable bonds is 14. The van der Waals surface area contributed by atoms with Gasteiger partial charge in [0.2, 0.25) is 7.57 Å². The first-order valence-corrected chi connectivity index (χ1v) is 23.9. The monoisotopic (exact) mass is 907 g/mol. The molecule has 1 aromatic carbocycles. The molecule has 0 unspecified atom stereocenters. The van der Waals surface area contributed by atoms with Gasteiger partial charge in [0.1, 0.15) is 41.8 Å². The maximum atomic E-state index is 16.8. The minimum atomic E-state index is -4.65. The zero-order chi connectivity index (χ0) is 42.7. The molecule has 26 heteroatoms. The van der Waals surface area contributed by atoms with Crippen molar-refractivity contribution in [2.45, 2.75) is 68.5 Å². The van der Waals surface area contributed by atoms with Crippen LogP contribution < -0.4 is 11.5 Å². The van der Waals surface area contributed by atoms with Gasteiger partial charge in [-0.2, -0.15) is 0 Å². The van der Waals surface area contributed by atoms with Crippen molar-refractivity contribution in [1.82, 2.24) is 34.1 Å². The first-order valence-electron chi connectivity index (χ1n) is 19.1. The summed E-state index contributed by atoms with van der Waals surface area (Å²) < 4.78 is 116. The van der Waals surface area contributed by atoms with Crippen LogP contribution in [0.2, 0.25) is 0 Å². The van der Waals surface area contributed by atoms with Gasteiger partial charge in [0.05, 0.1) is 64.6 Å². The number of alkyl halides is 2. The summed E-state index contributed by atoms with van der Waals surface area (Å²) in [6, 6.07) is 8.85. The summed E-state index contributed by atoms with van der Waals surface area (Å²) >= 11 is 0.759. The van der Waals surface area contributed by atoms with Crippen molar-refractivity contribution in [1.29, 1.82) is 0 Å². The number of imidazole rings is 2. The number of pyridine rings is 1. The second-order valence-corrected chi connectivity index (χ2v) is 19.6. The van der Waals surface area contributed by atoms with Gasteiger partial charge >= 0.3 is 6.80 Å². The molecular weight excluding hydrogens is 865 g/mol. The Morgan fingerprint density at radius 1 is 0.787 bits per heavy atom. The number of halogens is 2. The Labute approximate surface area is 352 Å². The summed E-state index contributed by atoms with van der Waals surface area (Å²) in [7, 11) is 1.36. The Balaban J connectivity index is 1.03. The number of fused-ring (bicyclic) bond motifs is 4. The van der Waals surface area contributed by atoms with E-state index in [2.05, 4.69) is 24.9 Å². The van der Waals surface area contributed by atoms with Gasteiger partial charge in [-0.1, -0.05) is 24.3 Å². The lowest BCUT2D eigenvalue weighted by Gasteiger charge is -2.30. The normalized spacial score (nSPS) is 30.9. The third kappa shape index (κ3) is 9.80. The highest BCUT2D eigenvalue weighted by molar-refractivity contribution is 8.54. The number of nitrogens with zero attached hydrogens (tertiary/aromatic N) is 7. The maximum absolute atomic E-state index is 16.8. The van der Waals surface area contributed by atoms with Crippen LogP contribution in [0.1, 0.15) is 30.5 Å². The Morgan fingerprint density at radius 3 is 2.10 bits per heavy atom. The highest BCUT2D eigenvalue weighted by Crippen LogP contribution is 2.65. The van der Waals surface area contributed by atoms with Crippen LogP contribution in [-0.4, -0.2) is 125 Å². The van der Waals surface area contributed by atoms with Crippen LogP contribution in [0.5, 0.6) is 0 Å². The second-order valence-electron chi connectivity index (χ2n) is 14.0. The topological polar surface area (TPSA) is 244 Å². The molecule has 7 heterocycles. The fourth-order valence-corrected chi connectivity index (χ4v) is 11.3. The number of ether oxygens (including phenoxy) is 5. The molecule has 8 rings (SSSR count). The van der Waals surface area contributed by atoms with E-state index in [1.807, 2.05) is 31.2 Å². The fourth-order valence-electron chi connectivity index (χ4n) is 6.90. The second kappa shape index (κ2) is 19.0. The number of nitrogens with two attached hydrogens (primary N) is 2. The standard InChI is InChI=1S/C35H42BF2N9O11P2S/c1-2-50-9-10-51-11-12-52-13-20-3-5-21(6-4-20)16-61-60(49)54-15-24-29(25(37)34(56-24)47-19-45-28-31(40)42-17-43-33(28)47)57-59(36,48)53-14-23-30(58-60)26(38)35(55-23)46-18-44-27-22(39)7-8-41-32(27)46/h3-8,17-19,23-26,29-30,34-35H,2,9-16H2,1H3,(H2,39,41)(H2,40,42,43)/t23-,24-,25-,26-,29-,30-,34-,35-,59-,60+/m1/s1. The van der Waals surface area contributed by atoms with Crippen molar-refractivity contribution in [3.63, 3.8) is 0 Å². The fraction of sp³-hybridized carbons (Fsp3) is 0.514. The molecule has 0 spiro atoms. The zero-order valence-corrected chi connectivity index (χ0v) is 35.2. The van der Waals surface area contributed by atoms with Gasteiger partial charge in [-0.05, 0) is 35.5 Å². The summed E-state index contributed by atoms with van der Waals surface area (Å²) in [6.45, 7) is -1.13. The Morgan fingerprint density at radius 2 is 1.39 bits per heavy atom. The van der Waals surface area contributed by atoms with E-state index >= 15 is 8.78 Å². The van der Waals surface area contributed by atoms with Crippen molar-refractivity contribution in [2.75, 3.05) is 57.7 Å². The molecule has 3 aliphatic heterocycles.